The molecule has 0 saturated carbocycles. The number of hydrogen-bond donors (Lipinski definition) is 0. The van der Waals surface area contributed by atoms with Gasteiger partial charge in [-0.25, -0.2) is 9.97 Å². The minimum atomic E-state index is 0.574. The Labute approximate surface area is 126 Å². The molecule has 1 atom stereocenters. The van der Waals surface area contributed by atoms with Crippen LogP contribution in [0.25, 0.3) is 0 Å². The van der Waals surface area contributed by atoms with Gasteiger partial charge in [-0.2, -0.15) is 0 Å². The van der Waals surface area contributed by atoms with Crippen LogP contribution in [-0.2, 0) is 6.42 Å². The fourth-order valence-corrected chi connectivity index (χ4v) is 3.51. The zero-order valence-electron chi connectivity index (χ0n) is 12.2. The van der Waals surface area contributed by atoms with Gasteiger partial charge in [-0.1, -0.05) is 24.9 Å². The number of fused-ring (bicyclic) bond motifs is 1. The fraction of sp³-hybridized carbons (Fsp3) is 0.733. The van der Waals surface area contributed by atoms with Crippen LogP contribution in [0.2, 0.25) is 5.15 Å². The molecule has 0 aromatic carbocycles. The summed E-state index contributed by atoms with van der Waals surface area (Å²) in [6, 6.07) is 2.61. The molecule has 0 spiro atoms. The Bertz CT molecular complexity index is 465. The van der Waals surface area contributed by atoms with Gasteiger partial charge >= 0.3 is 0 Å². The predicted octanol–water partition coefficient (Wildman–Crippen LogP) is 2.76. The summed E-state index contributed by atoms with van der Waals surface area (Å²) >= 11 is 6.15. The van der Waals surface area contributed by atoms with Gasteiger partial charge in [0.05, 0.1) is 0 Å². The second kappa shape index (κ2) is 6.27. The summed E-state index contributed by atoms with van der Waals surface area (Å²) in [6.45, 7) is 6.69. The van der Waals surface area contributed by atoms with E-state index in [0.29, 0.717) is 11.2 Å². The molecule has 3 heterocycles. The molecule has 0 bridgehead atoms. The van der Waals surface area contributed by atoms with Gasteiger partial charge < -0.3 is 4.90 Å². The van der Waals surface area contributed by atoms with Crippen LogP contribution in [0.4, 0.5) is 5.82 Å². The average Bonchev–Trinajstić information content (AvgIpc) is 2.46. The Morgan fingerprint density at radius 3 is 3.00 bits per heavy atom. The van der Waals surface area contributed by atoms with Crippen LogP contribution in [0.5, 0.6) is 0 Å². The number of aryl methyl sites for hydroxylation is 1. The lowest BCUT2D eigenvalue weighted by Gasteiger charge is -2.44. The summed E-state index contributed by atoms with van der Waals surface area (Å²) in [5.41, 5.74) is 0. The van der Waals surface area contributed by atoms with Crippen molar-refractivity contribution in [3.63, 3.8) is 0 Å². The topological polar surface area (TPSA) is 32.3 Å². The summed E-state index contributed by atoms with van der Waals surface area (Å²) in [7, 11) is 0. The van der Waals surface area contributed by atoms with Crippen LogP contribution in [0.3, 0.4) is 0 Å². The molecular weight excluding hydrogens is 272 g/mol. The summed E-state index contributed by atoms with van der Waals surface area (Å²) in [4.78, 5) is 14.0. The molecular formula is C15H23ClN4. The lowest BCUT2D eigenvalue weighted by atomic mass is 9.99. The van der Waals surface area contributed by atoms with Crippen molar-refractivity contribution in [2.45, 2.75) is 45.1 Å². The number of aromatic nitrogens is 2. The number of anilines is 1. The molecule has 1 aromatic heterocycles. The zero-order valence-corrected chi connectivity index (χ0v) is 12.9. The van der Waals surface area contributed by atoms with E-state index in [1.54, 1.807) is 0 Å². The predicted molar refractivity (Wildman–Crippen MR) is 82.5 cm³/mol. The third-order valence-corrected chi connectivity index (χ3v) is 4.56. The minimum Gasteiger partial charge on any atom is -0.354 e. The Morgan fingerprint density at radius 2 is 2.15 bits per heavy atom. The van der Waals surface area contributed by atoms with Gasteiger partial charge in [-0.3, -0.25) is 4.90 Å². The van der Waals surface area contributed by atoms with Crippen molar-refractivity contribution in [3.8, 4) is 0 Å². The molecule has 20 heavy (non-hydrogen) atoms. The zero-order chi connectivity index (χ0) is 13.9. The van der Waals surface area contributed by atoms with Crippen molar-refractivity contribution in [3.05, 3.63) is 17.0 Å². The molecule has 4 nitrogen and oxygen atoms in total. The molecule has 0 aliphatic carbocycles. The SMILES string of the molecule is CCCc1nc(Cl)cc(N2CCN3CCCCC3C2)n1. The maximum absolute atomic E-state index is 6.15. The summed E-state index contributed by atoms with van der Waals surface area (Å²) in [5, 5.41) is 0.574. The van der Waals surface area contributed by atoms with Crippen LogP contribution in [0.1, 0.15) is 38.4 Å². The number of piperazine rings is 1. The molecule has 5 heteroatoms. The Kier molecular flexibility index (Phi) is 4.41. The van der Waals surface area contributed by atoms with Crippen molar-refractivity contribution in [1.82, 2.24) is 14.9 Å². The smallest absolute Gasteiger partial charge is 0.134 e. The molecule has 3 rings (SSSR count). The van der Waals surface area contributed by atoms with E-state index in [4.69, 9.17) is 16.6 Å². The van der Waals surface area contributed by atoms with Crippen LogP contribution in [0, 0.1) is 0 Å². The summed E-state index contributed by atoms with van der Waals surface area (Å²) < 4.78 is 0. The quantitative estimate of drug-likeness (QED) is 0.803. The molecule has 2 aliphatic rings. The number of hydrogen-bond acceptors (Lipinski definition) is 4. The highest BCUT2D eigenvalue weighted by Gasteiger charge is 2.29. The van der Waals surface area contributed by atoms with Crippen molar-refractivity contribution >= 4 is 17.4 Å². The molecule has 2 saturated heterocycles. The first-order chi connectivity index (χ1) is 9.76. The molecule has 0 radical (unpaired) electrons. The van der Waals surface area contributed by atoms with Crippen molar-refractivity contribution < 1.29 is 0 Å². The Morgan fingerprint density at radius 1 is 1.25 bits per heavy atom. The average molecular weight is 295 g/mol. The monoisotopic (exact) mass is 294 g/mol. The lowest BCUT2D eigenvalue weighted by Crippen LogP contribution is -2.55. The van der Waals surface area contributed by atoms with Gasteiger partial charge in [0.1, 0.15) is 16.8 Å². The van der Waals surface area contributed by atoms with Crippen molar-refractivity contribution in [2.75, 3.05) is 31.1 Å². The minimum absolute atomic E-state index is 0.574. The van der Waals surface area contributed by atoms with Gasteiger partial charge in [0.25, 0.3) is 0 Å². The van der Waals surface area contributed by atoms with E-state index in [2.05, 4.69) is 21.7 Å². The third kappa shape index (κ3) is 3.07. The molecule has 2 aliphatic heterocycles. The fourth-order valence-electron chi connectivity index (χ4n) is 3.31. The van der Waals surface area contributed by atoms with Crippen molar-refractivity contribution in [1.29, 1.82) is 0 Å². The molecule has 0 N–H and O–H groups in total. The summed E-state index contributed by atoms with van der Waals surface area (Å²) in [5.74, 6) is 1.89. The molecule has 1 unspecified atom stereocenters. The van der Waals surface area contributed by atoms with E-state index >= 15 is 0 Å². The second-order valence-electron chi connectivity index (χ2n) is 5.85. The van der Waals surface area contributed by atoms with Gasteiger partial charge in [0, 0.05) is 38.2 Å². The van der Waals surface area contributed by atoms with E-state index in [-0.39, 0.29) is 0 Å². The van der Waals surface area contributed by atoms with E-state index in [1.807, 2.05) is 6.07 Å². The highest BCUT2D eigenvalue weighted by Crippen LogP contribution is 2.25. The molecule has 1 aromatic rings. The highest BCUT2D eigenvalue weighted by atomic mass is 35.5. The number of rotatable bonds is 3. The van der Waals surface area contributed by atoms with E-state index in [1.165, 1.54) is 25.8 Å². The van der Waals surface area contributed by atoms with E-state index < -0.39 is 0 Å². The van der Waals surface area contributed by atoms with Gasteiger partial charge in [0.2, 0.25) is 0 Å². The van der Waals surface area contributed by atoms with Gasteiger partial charge in [-0.05, 0) is 25.8 Å². The maximum Gasteiger partial charge on any atom is 0.134 e. The second-order valence-corrected chi connectivity index (χ2v) is 6.23. The van der Waals surface area contributed by atoms with Crippen LogP contribution < -0.4 is 4.90 Å². The largest absolute Gasteiger partial charge is 0.354 e. The van der Waals surface area contributed by atoms with Crippen LogP contribution in [-0.4, -0.2) is 47.1 Å². The third-order valence-electron chi connectivity index (χ3n) is 4.36. The first-order valence-corrected chi connectivity index (χ1v) is 8.16. The first kappa shape index (κ1) is 14.1. The Hall–Kier alpha value is -0.870. The standard InChI is InChI=1S/C15H23ClN4/c1-2-5-14-17-13(16)10-15(18-14)20-9-8-19-7-4-3-6-12(19)11-20/h10,12H,2-9,11H2,1H3. The summed E-state index contributed by atoms with van der Waals surface area (Å²) in [6.07, 6.45) is 5.99. The molecule has 2 fully saturated rings. The lowest BCUT2D eigenvalue weighted by molar-refractivity contribution is 0.133. The molecule has 0 amide bonds. The van der Waals surface area contributed by atoms with Gasteiger partial charge in [-0.15, -0.1) is 0 Å². The van der Waals surface area contributed by atoms with E-state index in [0.717, 1.165) is 44.1 Å². The number of halogens is 1. The normalized spacial score (nSPS) is 23.7. The number of piperidine rings is 1. The van der Waals surface area contributed by atoms with Gasteiger partial charge in [0.15, 0.2) is 0 Å². The maximum atomic E-state index is 6.15. The van der Waals surface area contributed by atoms with Crippen LogP contribution >= 0.6 is 11.6 Å². The Balaban J connectivity index is 1.75. The van der Waals surface area contributed by atoms with E-state index in [9.17, 15) is 0 Å². The first-order valence-electron chi connectivity index (χ1n) is 7.78. The molecule has 110 valence electrons. The highest BCUT2D eigenvalue weighted by molar-refractivity contribution is 6.29. The van der Waals surface area contributed by atoms with Crippen molar-refractivity contribution in [2.24, 2.45) is 0 Å². The van der Waals surface area contributed by atoms with Crippen LogP contribution in [0.15, 0.2) is 6.07 Å². The number of nitrogens with zero attached hydrogens (tertiary/aromatic N) is 4.